The maximum absolute atomic E-state index is 12.9. The van der Waals surface area contributed by atoms with Crippen LogP contribution in [-0.2, 0) is 11.8 Å². The zero-order chi connectivity index (χ0) is 23.0. The number of H-pyrrole nitrogens is 1. The van der Waals surface area contributed by atoms with Crippen LogP contribution < -0.4 is 14.2 Å². The van der Waals surface area contributed by atoms with Gasteiger partial charge in [0.1, 0.15) is 0 Å². The van der Waals surface area contributed by atoms with Crippen molar-refractivity contribution in [3.8, 4) is 17.2 Å². The van der Waals surface area contributed by atoms with E-state index in [2.05, 4.69) is 28.4 Å². The van der Waals surface area contributed by atoms with Crippen molar-refractivity contribution in [1.29, 1.82) is 0 Å². The van der Waals surface area contributed by atoms with Gasteiger partial charge in [-0.15, -0.1) is 0 Å². The number of benzene rings is 2. The first-order valence-corrected chi connectivity index (χ1v) is 11.0. The smallest absolute Gasteiger partial charge is 0.274 e. The van der Waals surface area contributed by atoms with E-state index < -0.39 is 5.41 Å². The number of allylic oxidation sites excluding steroid dienone is 1. The number of rotatable bonds is 6. The molecule has 1 aromatic heterocycles. The van der Waals surface area contributed by atoms with Crippen LogP contribution in [0.5, 0.6) is 17.2 Å². The lowest BCUT2D eigenvalue weighted by atomic mass is 9.68. The minimum atomic E-state index is -0.553. The van der Waals surface area contributed by atoms with Gasteiger partial charge in [-0.1, -0.05) is 48.6 Å². The van der Waals surface area contributed by atoms with Crippen LogP contribution >= 0.6 is 0 Å². The Kier molecular flexibility index (Phi) is 5.32. The van der Waals surface area contributed by atoms with E-state index in [-0.39, 0.29) is 5.91 Å². The Bertz CT molecular complexity index is 1210. The number of carbonyl (C=O) groups excluding carboxylic acids is 1. The van der Waals surface area contributed by atoms with Crippen LogP contribution in [0.4, 0.5) is 0 Å². The lowest BCUT2D eigenvalue weighted by Crippen LogP contribution is -2.42. The summed E-state index contributed by atoms with van der Waals surface area (Å²) in [6.07, 6.45) is 5.80. The minimum Gasteiger partial charge on any atom is -0.493 e. The largest absolute Gasteiger partial charge is 0.493 e. The van der Waals surface area contributed by atoms with Gasteiger partial charge >= 0.3 is 0 Å². The first-order chi connectivity index (χ1) is 16.1. The highest BCUT2D eigenvalue weighted by Gasteiger charge is 2.41. The van der Waals surface area contributed by atoms with E-state index in [9.17, 15) is 4.79 Å². The lowest BCUT2D eigenvalue weighted by molar-refractivity contribution is 0.0645. The fraction of sp³-hybridized carbons (Fsp3) is 0.308. The maximum atomic E-state index is 12.9. The predicted molar refractivity (Wildman–Crippen MR) is 125 cm³/mol. The summed E-state index contributed by atoms with van der Waals surface area (Å²) in [5.74, 6) is 1.75. The molecule has 0 radical (unpaired) electrons. The van der Waals surface area contributed by atoms with Gasteiger partial charge in [-0.05, 0) is 18.1 Å². The van der Waals surface area contributed by atoms with E-state index >= 15 is 0 Å². The Morgan fingerprint density at radius 3 is 2.39 bits per heavy atom. The number of likely N-dealkylation sites (tertiary alicyclic amines) is 1. The van der Waals surface area contributed by atoms with Crippen LogP contribution in [-0.4, -0.2) is 55.4 Å². The molecule has 1 saturated heterocycles. The van der Waals surface area contributed by atoms with Gasteiger partial charge in [-0.3, -0.25) is 9.89 Å². The molecule has 1 fully saturated rings. The summed E-state index contributed by atoms with van der Waals surface area (Å²) >= 11 is 0. The molecule has 3 aromatic rings. The highest BCUT2D eigenvalue weighted by Crippen LogP contribution is 2.50. The molecule has 5 rings (SSSR count). The van der Waals surface area contributed by atoms with Crippen molar-refractivity contribution in [1.82, 2.24) is 15.1 Å². The summed E-state index contributed by atoms with van der Waals surface area (Å²) in [7, 11) is 4.85. The van der Waals surface area contributed by atoms with Gasteiger partial charge < -0.3 is 19.1 Å². The highest BCUT2D eigenvalue weighted by molar-refractivity contribution is 5.97. The highest BCUT2D eigenvalue weighted by atomic mass is 16.5. The Hall–Kier alpha value is -3.74. The van der Waals surface area contributed by atoms with Crippen molar-refractivity contribution in [2.75, 3.05) is 34.4 Å². The predicted octanol–water partition coefficient (Wildman–Crippen LogP) is 3.84. The molecule has 1 N–H and O–H groups in total. The van der Waals surface area contributed by atoms with Crippen LogP contribution in [0.1, 0.15) is 39.3 Å². The first kappa shape index (κ1) is 21.1. The number of fused-ring (bicyclic) bond motifs is 1. The second-order valence-corrected chi connectivity index (χ2v) is 8.34. The Morgan fingerprint density at radius 1 is 1.00 bits per heavy atom. The molecule has 1 atom stereocenters. The van der Waals surface area contributed by atoms with Crippen molar-refractivity contribution >= 4 is 12.0 Å². The fourth-order valence-electron chi connectivity index (χ4n) is 4.82. The molecule has 2 aromatic carbocycles. The second-order valence-electron chi connectivity index (χ2n) is 8.34. The molecule has 1 unspecified atom stereocenters. The molecule has 7 heteroatoms. The molecule has 0 spiro atoms. The van der Waals surface area contributed by atoms with Crippen LogP contribution in [0.25, 0.3) is 6.08 Å². The molecule has 33 heavy (non-hydrogen) atoms. The van der Waals surface area contributed by atoms with E-state index in [4.69, 9.17) is 14.2 Å². The van der Waals surface area contributed by atoms with Gasteiger partial charge in [0.15, 0.2) is 17.2 Å². The van der Waals surface area contributed by atoms with Crippen LogP contribution in [0.2, 0.25) is 0 Å². The Balaban J connectivity index is 1.67. The van der Waals surface area contributed by atoms with Crippen LogP contribution in [0, 0.1) is 0 Å². The number of hydrogen-bond acceptors (Lipinski definition) is 5. The summed E-state index contributed by atoms with van der Waals surface area (Å²) in [5.41, 5.74) is 3.76. The third-order valence-corrected chi connectivity index (χ3v) is 6.69. The number of carbonyl (C=O) groups is 1. The third-order valence-electron chi connectivity index (χ3n) is 6.69. The molecule has 2 heterocycles. The summed E-state index contributed by atoms with van der Waals surface area (Å²) in [4.78, 5) is 14.7. The van der Waals surface area contributed by atoms with Crippen molar-refractivity contribution in [3.63, 3.8) is 0 Å². The minimum absolute atomic E-state index is 0.0145. The van der Waals surface area contributed by atoms with E-state index in [1.54, 1.807) is 21.3 Å². The number of methoxy groups -OCH3 is 3. The average Bonchev–Trinajstić information content (AvgIpc) is 3.25. The molecular formula is C26H27N3O4. The fourth-order valence-corrected chi connectivity index (χ4v) is 4.82. The van der Waals surface area contributed by atoms with E-state index in [1.165, 1.54) is 0 Å². The second kappa shape index (κ2) is 8.31. The Labute approximate surface area is 193 Å². The number of nitrogens with one attached hydrogen (secondary N) is 1. The molecule has 2 aliphatic rings. The van der Waals surface area contributed by atoms with Gasteiger partial charge in [0.05, 0.1) is 21.3 Å². The van der Waals surface area contributed by atoms with Gasteiger partial charge in [0.2, 0.25) is 5.75 Å². The molecule has 1 aliphatic heterocycles. The summed E-state index contributed by atoms with van der Waals surface area (Å²) < 4.78 is 17.0. The number of aromatic amines is 1. The average molecular weight is 446 g/mol. The van der Waals surface area contributed by atoms with Gasteiger partial charge in [0.25, 0.3) is 5.91 Å². The molecule has 1 amide bonds. The molecule has 1 aliphatic carbocycles. The quantitative estimate of drug-likeness (QED) is 0.624. The summed E-state index contributed by atoms with van der Waals surface area (Å²) in [5, 5.41) is 7.56. The summed E-state index contributed by atoms with van der Waals surface area (Å²) in [6, 6.07) is 14.2. The van der Waals surface area contributed by atoms with Crippen molar-refractivity contribution in [3.05, 3.63) is 76.6 Å². The van der Waals surface area contributed by atoms with Crippen LogP contribution in [0.15, 0.2) is 48.5 Å². The Morgan fingerprint density at radius 2 is 1.76 bits per heavy atom. The summed E-state index contributed by atoms with van der Waals surface area (Å²) in [6.45, 7) is 1.59. The lowest BCUT2D eigenvalue weighted by Gasteiger charge is -2.36. The van der Waals surface area contributed by atoms with Crippen LogP contribution in [0.3, 0.4) is 0 Å². The van der Waals surface area contributed by atoms with Gasteiger partial charge in [-0.2, -0.15) is 5.10 Å². The third kappa shape index (κ3) is 3.26. The van der Waals surface area contributed by atoms with Crippen molar-refractivity contribution < 1.29 is 19.0 Å². The van der Waals surface area contributed by atoms with E-state index in [1.807, 2.05) is 41.3 Å². The monoisotopic (exact) mass is 445 g/mol. The van der Waals surface area contributed by atoms with Gasteiger partial charge in [0, 0.05) is 41.7 Å². The SMILES string of the molecule is COc1ccc(C2(c3ccccc3)C=Cc3c(C(=O)N4CCC4)n[nH]c3C2)c(OC)c1OC. The van der Waals surface area contributed by atoms with E-state index in [0.29, 0.717) is 29.4 Å². The zero-order valence-corrected chi connectivity index (χ0v) is 19.1. The number of amides is 1. The number of aromatic nitrogens is 2. The van der Waals surface area contributed by atoms with Crippen molar-refractivity contribution in [2.45, 2.75) is 18.3 Å². The van der Waals surface area contributed by atoms with Crippen molar-refractivity contribution in [2.24, 2.45) is 0 Å². The number of hydrogen-bond donors (Lipinski definition) is 1. The van der Waals surface area contributed by atoms with Gasteiger partial charge in [-0.25, -0.2) is 0 Å². The normalized spacial score (nSPS) is 18.9. The topological polar surface area (TPSA) is 76.7 Å². The molecule has 0 saturated carbocycles. The van der Waals surface area contributed by atoms with E-state index in [0.717, 1.165) is 41.9 Å². The molecule has 170 valence electrons. The molecular weight excluding hydrogens is 418 g/mol. The maximum Gasteiger partial charge on any atom is 0.274 e. The molecule has 0 bridgehead atoms. The number of ether oxygens (including phenoxy) is 3. The first-order valence-electron chi connectivity index (χ1n) is 11.0. The zero-order valence-electron chi connectivity index (χ0n) is 19.1. The molecule has 7 nitrogen and oxygen atoms in total. The standard InChI is InChI=1S/C26H27N3O4/c1-31-21-11-10-19(23(32-2)24(21)33-3)26(17-8-5-4-6-9-17)13-12-18-20(16-26)27-28-22(18)25(30)29-14-7-15-29/h4-6,8-13H,7,14-16H2,1-3H3,(H,27,28). The number of nitrogens with zero attached hydrogens (tertiary/aromatic N) is 2.